The Hall–Kier alpha value is -3.26. The molecule has 0 bridgehead atoms. The molecular weight excluding hydrogens is 482 g/mol. The molecule has 38 heavy (non-hydrogen) atoms. The van der Waals surface area contributed by atoms with Crippen LogP contribution in [0, 0.1) is 17.8 Å². The number of carboxylic acid groups (broad SMARTS) is 1. The van der Waals surface area contributed by atoms with E-state index in [-0.39, 0.29) is 30.1 Å². The van der Waals surface area contributed by atoms with Crippen molar-refractivity contribution in [2.75, 3.05) is 6.54 Å². The molecule has 4 atom stereocenters. The van der Waals surface area contributed by atoms with E-state index in [1.54, 1.807) is 25.1 Å². The van der Waals surface area contributed by atoms with Crippen molar-refractivity contribution in [3.8, 4) is 0 Å². The molecule has 2 aromatic rings. The molecule has 1 aliphatic carbocycles. The van der Waals surface area contributed by atoms with Gasteiger partial charge in [-0.15, -0.1) is 0 Å². The number of aliphatic carboxylic acids is 1. The van der Waals surface area contributed by atoms with E-state index in [1.807, 2.05) is 30.3 Å². The van der Waals surface area contributed by atoms with Gasteiger partial charge in [-0.3, -0.25) is 14.4 Å². The standard InChI is InChI=1S/C30H41N3O5/c1-19(2)27(31-18-23-13-14-23)17-28(38-21(4)34)25-11-8-12-26(33-25)29(35)32-24(15-20(3)30(36)37)16-22-9-6-5-7-10-22/h5-12,19-20,23-24,27-28,31H,13-18H2,1-4H3,(H,32,35)(H,36,37). The smallest absolute Gasteiger partial charge is 0.306 e. The van der Waals surface area contributed by atoms with Crippen LogP contribution in [0.4, 0.5) is 0 Å². The number of esters is 1. The molecule has 3 N–H and O–H groups in total. The normalized spacial score (nSPS) is 16.3. The summed E-state index contributed by atoms with van der Waals surface area (Å²) in [6, 6.07) is 14.5. The van der Waals surface area contributed by atoms with Crippen LogP contribution >= 0.6 is 0 Å². The molecule has 0 spiro atoms. The zero-order chi connectivity index (χ0) is 27.7. The summed E-state index contributed by atoms with van der Waals surface area (Å²) >= 11 is 0. The highest BCUT2D eigenvalue weighted by Crippen LogP contribution is 2.29. The second kappa shape index (κ2) is 14.0. The minimum atomic E-state index is -0.906. The lowest BCUT2D eigenvalue weighted by molar-refractivity contribution is -0.147. The third kappa shape index (κ3) is 9.56. The van der Waals surface area contributed by atoms with Crippen LogP contribution in [-0.4, -0.2) is 46.6 Å². The lowest BCUT2D eigenvalue weighted by atomic mass is 9.95. The van der Waals surface area contributed by atoms with Gasteiger partial charge in [0.2, 0.25) is 0 Å². The second-order valence-electron chi connectivity index (χ2n) is 10.8. The maximum Gasteiger partial charge on any atom is 0.306 e. The largest absolute Gasteiger partial charge is 0.481 e. The molecular formula is C30H41N3O5. The van der Waals surface area contributed by atoms with E-state index in [2.05, 4.69) is 29.5 Å². The predicted molar refractivity (Wildman–Crippen MR) is 146 cm³/mol. The molecule has 1 heterocycles. The number of rotatable bonds is 15. The van der Waals surface area contributed by atoms with E-state index in [9.17, 15) is 19.5 Å². The first-order valence-corrected chi connectivity index (χ1v) is 13.6. The fourth-order valence-electron chi connectivity index (χ4n) is 4.53. The Morgan fingerprint density at radius 3 is 2.34 bits per heavy atom. The fourth-order valence-corrected chi connectivity index (χ4v) is 4.53. The second-order valence-corrected chi connectivity index (χ2v) is 10.8. The number of nitrogens with zero attached hydrogens (tertiary/aromatic N) is 1. The molecule has 1 fully saturated rings. The van der Waals surface area contributed by atoms with Crippen molar-refractivity contribution < 1.29 is 24.2 Å². The van der Waals surface area contributed by atoms with Crippen molar-refractivity contribution in [3.63, 3.8) is 0 Å². The molecule has 3 rings (SSSR count). The zero-order valence-electron chi connectivity index (χ0n) is 22.9. The number of nitrogens with one attached hydrogen (secondary N) is 2. The maximum absolute atomic E-state index is 13.3. The maximum atomic E-state index is 13.3. The number of ether oxygens (including phenoxy) is 1. The van der Waals surface area contributed by atoms with Crippen LogP contribution < -0.4 is 10.6 Å². The highest BCUT2D eigenvalue weighted by atomic mass is 16.5. The molecule has 0 aliphatic heterocycles. The average molecular weight is 524 g/mol. The number of hydrogen-bond acceptors (Lipinski definition) is 6. The van der Waals surface area contributed by atoms with Gasteiger partial charge in [-0.2, -0.15) is 0 Å². The van der Waals surface area contributed by atoms with E-state index in [4.69, 9.17) is 4.74 Å². The van der Waals surface area contributed by atoms with Gasteiger partial charge in [0.05, 0.1) is 11.6 Å². The minimum Gasteiger partial charge on any atom is -0.481 e. The van der Waals surface area contributed by atoms with Crippen LogP contribution in [0.3, 0.4) is 0 Å². The number of hydrogen-bond donors (Lipinski definition) is 3. The van der Waals surface area contributed by atoms with Gasteiger partial charge in [-0.05, 0) is 61.8 Å². The van der Waals surface area contributed by atoms with Crippen molar-refractivity contribution in [2.45, 2.75) is 78.0 Å². The van der Waals surface area contributed by atoms with Crippen LogP contribution in [0.25, 0.3) is 0 Å². The van der Waals surface area contributed by atoms with Crippen molar-refractivity contribution in [1.29, 1.82) is 0 Å². The summed E-state index contributed by atoms with van der Waals surface area (Å²) in [4.78, 5) is 41.3. The van der Waals surface area contributed by atoms with Crippen LogP contribution in [0.5, 0.6) is 0 Å². The van der Waals surface area contributed by atoms with Gasteiger partial charge in [0.1, 0.15) is 11.8 Å². The Balaban J connectivity index is 1.76. The summed E-state index contributed by atoms with van der Waals surface area (Å²) < 4.78 is 5.67. The first-order chi connectivity index (χ1) is 18.1. The summed E-state index contributed by atoms with van der Waals surface area (Å²) in [5, 5.41) is 16.0. The lowest BCUT2D eigenvalue weighted by Gasteiger charge is -2.27. The molecule has 4 unspecified atom stereocenters. The third-order valence-corrected chi connectivity index (χ3v) is 7.00. The van der Waals surface area contributed by atoms with E-state index < -0.39 is 24.0 Å². The van der Waals surface area contributed by atoms with Gasteiger partial charge in [-0.25, -0.2) is 4.98 Å². The van der Waals surface area contributed by atoms with E-state index >= 15 is 0 Å². The average Bonchev–Trinajstić information content (AvgIpc) is 3.70. The zero-order valence-corrected chi connectivity index (χ0v) is 22.9. The van der Waals surface area contributed by atoms with Gasteiger partial charge in [-0.1, -0.05) is 57.2 Å². The Morgan fingerprint density at radius 1 is 1.03 bits per heavy atom. The van der Waals surface area contributed by atoms with Crippen LogP contribution in [0.15, 0.2) is 48.5 Å². The summed E-state index contributed by atoms with van der Waals surface area (Å²) in [5.41, 5.74) is 1.73. The monoisotopic (exact) mass is 523 g/mol. The minimum absolute atomic E-state index is 0.131. The fraction of sp³-hybridized carbons (Fsp3) is 0.533. The van der Waals surface area contributed by atoms with Crippen molar-refractivity contribution in [1.82, 2.24) is 15.6 Å². The highest BCUT2D eigenvalue weighted by molar-refractivity contribution is 5.92. The number of aromatic nitrogens is 1. The first kappa shape index (κ1) is 29.3. The highest BCUT2D eigenvalue weighted by Gasteiger charge is 2.28. The Labute approximate surface area is 225 Å². The van der Waals surface area contributed by atoms with Gasteiger partial charge < -0.3 is 20.5 Å². The van der Waals surface area contributed by atoms with Crippen molar-refractivity contribution >= 4 is 17.8 Å². The number of pyridine rings is 1. The van der Waals surface area contributed by atoms with Crippen molar-refractivity contribution in [3.05, 3.63) is 65.5 Å². The van der Waals surface area contributed by atoms with Crippen LogP contribution in [0.1, 0.15) is 81.2 Å². The molecule has 8 nitrogen and oxygen atoms in total. The predicted octanol–water partition coefficient (Wildman–Crippen LogP) is 4.55. The SMILES string of the molecule is CC(=O)OC(CC(NCC1CC1)C(C)C)c1cccc(C(=O)NC(Cc2ccccc2)CC(C)C(=O)O)n1. The Kier molecular flexibility index (Phi) is 10.8. The molecule has 0 saturated heterocycles. The summed E-state index contributed by atoms with van der Waals surface area (Å²) in [7, 11) is 0. The summed E-state index contributed by atoms with van der Waals surface area (Å²) in [6.07, 6.45) is 3.25. The molecule has 1 aliphatic rings. The van der Waals surface area contributed by atoms with Crippen LogP contribution in [-0.2, 0) is 20.7 Å². The number of amides is 1. The van der Waals surface area contributed by atoms with E-state index in [0.717, 1.165) is 18.0 Å². The molecule has 1 aromatic carbocycles. The van der Waals surface area contributed by atoms with E-state index in [0.29, 0.717) is 24.5 Å². The van der Waals surface area contributed by atoms with Crippen molar-refractivity contribution in [2.24, 2.45) is 17.8 Å². The molecule has 1 aromatic heterocycles. The first-order valence-electron chi connectivity index (χ1n) is 13.6. The number of benzene rings is 1. The quantitative estimate of drug-likeness (QED) is 0.293. The molecule has 206 valence electrons. The van der Waals surface area contributed by atoms with Gasteiger partial charge in [0.25, 0.3) is 5.91 Å². The third-order valence-electron chi connectivity index (χ3n) is 7.00. The van der Waals surface area contributed by atoms with Gasteiger partial charge in [0, 0.05) is 25.4 Å². The molecule has 0 radical (unpaired) electrons. The molecule has 1 saturated carbocycles. The van der Waals surface area contributed by atoms with Crippen LogP contribution in [0.2, 0.25) is 0 Å². The topological polar surface area (TPSA) is 118 Å². The summed E-state index contributed by atoms with van der Waals surface area (Å²) in [5.74, 6) is -1.26. The Bertz CT molecular complexity index is 1070. The number of carbonyl (C=O) groups is 3. The summed E-state index contributed by atoms with van der Waals surface area (Å²) in [6.45, 7) is 8.24. The molecule has 8 heteroatoms. The number of carbonyl (C=O) groups excluding carboxylic acids is 2. The molecule has 1 amide bonds. The van der Waals surface area contributed by atoms with Gasteiger partial charge >= 0.3 is 11.9 Å². The van der Waals surface area contributed by atoms with Gasteiger partial charge in [0.15, 0.2) is 0 Å². The van der Waals surface area contributed by atoms with E-state index in [1.165, 1.54) is 19.8 Å². The Morgan fingerprint density at radius 2 is 1.74 bits per heavy atom. The number of carboxylic acids is 1. The lowest BCUT2D eigenvalue weighted by Crippen LogP contribution is -2.39.